The number of carbonyl (C=O) groups excluding carboxylic acids is 1. The third kappa shape index (κ3) is 44.6. The van der Waals surface area contributed by atoms with Crippen LogP contribution in [0.5, 0.6) is 0 Å². The Morgan fingerprint density at radius 2 is 0.786 bits per heavy atom. The lowest BCUT2D eigenvalue weighted by molar-refractivity contribution is -0.154. The zero-order chi connectivity index (χ0) is 40.9. The van der Waals surface area contributed by atoms with Gasteiger partial charge < -0.3 is 20.1 Å². The van der Waals surface area contributed by atoms with Gasteiger partial charge in [0.15, 0.2) is 0 Å². The van der Waals surface area contributed by atoms with Gasteiger partial charge in [-0.2, -0.15) is 0 Å². The molecule has 0 saturated carbocycles. The van der Waals surface area contributed by atoms with Crippen molar-refractivity contribution in [3.8, 4) is 0 Å². The number of nitrogens with two attached hydrogens (primary N) is 1. The Labute approximate surface area is 348 Å². The summed E-state index contributed by atoms with van der Waals surface area (Å²) < 4.78 is 33.5. The van der Waals surface area contributed by atoms with E-state index in [9.17, 15) is 14.3 Å². The predicted octanol–water partition coefficient (Wildman–Crippen LogP) is 14.9. The average molecular weight is 818 g/mol. The van der Waals surface area contributed by atoms with E-state index in [1.165, 1.54) is 205 Å². The van der Waals surface area contributed by atoms with E-state index in [0.29, 0.717) is 13.0 Å². The second-order valence-corrected chi connectivity index (χ2v) is 18.2. The molecule has 9 heteroatoms. The highest BCUT2D eigenvalue weighted by atomic mass is 31.2. The molecular weight excluding hydrogens is 721 g/mol. The van der Waals surface area contributed by atoms with Crippen LogP contribution in [0.4, 0.5) is 0 Å². The van der Waals surface area contributed by atoms with Crippen LogP contribution in [0.15, 0.2) is 0 Å². The van der Waals surface area contributed by atoms with Crippen LogP contribution in [0, 0.1) is 0 Å². The van der Waals surface area contributed by atoms with Crippen molar-refractivity contribution in [3.05, 3.63) is 0 Å². The van der Waals surface area contributed by atoms with Crippen molar-refractivity contribution < 1.29 is 32.8 Å². The summed E-state index contributed by atoms with van der Waals surface area (Å²) in [5.41, 5.74) is 5.38. The molecule has 8 nitrogen and oxygen atoms in total. The van der Waals surface area contributed by atoms with Gasteiger partial charge in [0.25, 0.3) is 0 Å². The second kappa shape index (κ2) is 45.6. The minimum atomic E-state index is -4.27. The van der Waals surface area contributed by atoms with Crippen LogP contribution in [-0.4, -0.2) is 49.9 Å². The van der Waals surface area contributed by atoms with Gasteiger partial charge in [-0.1, -0.05) is 239 Å². The maximum atomic E-state index is 12.6. The van der Waals surface area contributed by atoms with Crippen molar-refractivity contribution in [2.24, 2.45) is 5.73 Å². The molecule has 0 heterocycles. The van der Waals surface area contributed by atoms with Crippen molar-refractivity contribution in [2.45, 2.75) is 264 Å². The Balaban J connectivity index is 3.83. The van der Waals surface area contributed by atoms with Crippen molar-refractivity contribution in [1.82, 2.24) is 0 Å². The number of hydrogen-bond donors (Lipinski definition) is 2. The first-order valence-electron chi connectivity index (χ1n) is 24.5. The van der Waals surface area contributed by atoms with Crippen LogP contribution in [0.25, 0.3) is 0 Å². The van der Waals surface area contributed by atoms with Crippen LogP contribution in [0.1, 0.15) is 258 Å². The lowest BCUT2D eigenvalue weighted by Crippen LogP contribution is -2.28. The molecule has 0 rings (SSSR count). The molecule has 0 aliphatic carbocycles. The van der Waals surface area contributed by atoms with E-state index < -0.39 is 13.9 Å². The zero-order valence-corrected chi connectivity index (χ0v) is 38.3. The molecule has 0 aromatic carbocycles. The van der Waals surface area contributed by atoms with Gasteiger partial charge >= 0.3 is 13.8 Å². The fourth-order valence-electron chi connectivity index (χ4n) is 7.41. The second-order valence-electron chi connectivity index (χ2n) is 16.7. The molecule has 2 unspecified atom stereocenters. The maximum Gasteiger partial charge on any atom is 0.472 e. The van der Waals surface area contributed by atoms with E-state index in [1.54, 1.807) is 0 Å². The summed E-state index contributed by atoms with van der Waals surface area (Å²) in [6.45, 7) is 4.99. The molecule has 0 fully saturated rings. The number of hydrogen-bond acceptors (Lipinski definition) is 7. The van der Waals surface area contributed by atoms with E-state index in [1.807, 2.05) is 0 Å². The SMILES string of the molecule is CCCCCCCCCCCCCCCCCCCCCCCCCCOCC(COP(=O)(O)OCCN)OC(=O)CCCCCCCCCCCCCCC. The minimum Gasteiger partial charge on any atom is -0.457 e. The summed E-state index contributed by atoms with van der Waals surface area (Å²) in [7, 11) is -4.27. The number of carbonyl (C=O) groups is 1. The molecule has 0 bridgehead atoms. The number of rotatable bonds is 48. The van der Waals surface area contributed by atoms with Crippen LogP contribution in [-0.2, 0) is 27.9 Å². The molecule has 56 heavy (non-hydrogen) atoms. The Hall–Kier alpha value is -0.500. The quantitative estimate of drug-likeness (QED) is 0.0354. The molecule has 2 atom stereocenters. The molecule has 0 amide bonds. The lowest BCUT2D eigenvalue weighted by atomic mass is 10.0. The normalized spacial score (nSPS) is 13.3. The van der Waals surface area contributed by atoms with Gasteiger partial charge in [-0.05, 0) is 12.8 Å². The molecule has 0 radical (unpaired) electrons. The summed E-state index contributed by atoms with van der Waals surface area (Å²) in [6.07, 6.45) is 48.5. The Kier molecular flexibility index (Phi) is 45.2. The van der Waals surface area contributed by atoms with Crippen LogP contribution in [0.3, 0.4) is 0 Å². The standard InChI is InChI=1S/C47H96NO7P/c1-3-5-7-9-11-13-15-17-18-19-20-21-22-23-24-25-26-27-29-31-33-35-37-39-42-52-44-46(45-54-56(50,51)53-43-41-48)55-47(49)40-38-36-34-32-30-28-16-14-12-10-8-6-4-2/h46H,3-45,48H2,1-2H3,(H,50,51). The molecule has 336 valence electrons. The molecule has 0 spiro atoms. The monoisotopic (exact) mass is 818 g/mol. The molecule has 0 aromatic heterocycles. The van der Waals surface area contributed by atoms with Crippen molar-refractivity contribution in [2.75, 3.05) is 33.0 Å². The van der Waals surface area contributed by atoms with Crippen molar-refractivity contribution in [3.63, 3.8) is 0 Å². The fourth-order valence-corrected chi connectivity index (χ4v) is 8.18. The number of phosphoric ester groups is 1. The topological polar surface area (TPSA) is 117 Å². The molecule has 0 saturated heterocycles. The molecule has 0 aliphatic heterocycles. The average Bonchev–Trinajstić information content (AvgIpc) is 3.19. The van der Waals surface area contributed by atoms with Gasteiger partial charge in [0, 0.05) is 19.6 Å². The van der Waals surface area contributed by atoms with Gasteiger partial charge in [0.2, 0.25) is 0 Å². The van der Waals surface area contributed by atoms with Crippen LogP contribution >= 0.6 is 7.82 Å². The molecular formula is C47H96NO7P. The van der Waals surface area contributed by atoms with Gasteiger partial charge in [0.05, 0.1) is 19.8 Å². The summed E-state index contributed by atoms with van der Waals surface area (Å²) in [6, 6.07) is 0. The largest absolute Gasteiger partial charge is 0.472 e. The third-order valence-electron chi connectivity index (χ3n) is 11.0. The lowest BCUT2D eigenvalue weighted by Gasteiger charge is -2.20. The molecule has 3 N–H and O–H groups in total. The van der Waals surface area contributed by atoms with E-state index in [2.05, 4.69) is 13.8 Å². The van der Waals surface area contributed by atoms with Gasteiger partial charge in [-0.15, -0.1) is 0 Å². The number of ether oxygens (including phenoxy) is 2. The Morgan fingerprint density at radius 1 is 0.464 bits per heavy atom. The summed E-state index contributed by atoms with van der Waals surface area (Å²) in [4.78, 5) is 22.5. The highest BCUT2D eigenvalue weighted by Crippen LogP contribution is 2.43. The highest BCUT2D eigenvalue weighted by molar-refractivity contribution is 7.47. The van der Waals surface area contributed by atoms with Crippen LogP contribution < -0.4 is 5.73 Å². The van der Waals surface area contributed by atoms with Crippen LogP contribution in [0.2, 0.25) is 0 Å². The zero-order valence-electron chi connectivity index (χ0n) is 37.4. The van der Waals surface area contributed by atoms with E-state index in [-0.39, 0.29) is 32.3 Å². The van der Waals surface area contributed by atoms with Gasteiger partial charge in [0.1, 0.15) is 6.10 Å². The highest BCUT2D eigenvalue weighted by Gasteiger charge is 2.25. The third-order valence-corrected chi connectivity index (χ3v) is 12.0. The summed E-state index contributed by atoms with van der Waals surface area (Å²) in [5.74, 6) is -0.323. The summed E-state index contributed by atoms with van der Waals surface area (Å²) in [5, 5.41) is 0. The fraction of sp³-hybridized carbons (Fsp3) is 0.979. The van der Waals surface area contributed by atoms with E-state index in [0.717, 1.165) is 32.1 Å². The maximum absolute atomic E-state index is 12.6. The van der Waals surface area contributed by atoms with Crippen molar-refractivity contribution >= 4 is 13.8 Å². The van der Waals surface area contributed by atoms with E-state index in [4.69, 9.17) is 24.3 Å². The first-order valence-corrected chi connectivity index (χ1v) is 26.0. The first-order chi connectivity index (χ1) is 27.4. The molecule has 0 aromatic rings. The minimum absolute atomic E-state index is 0.0899. The molecule has 0 aliphatic rings. The number of esters is 1. The Bertz CT molecular complexity index is 832. The van der Waals surface area contributed by atoms with E-state index >= 15 is 0 Å². The van der Waals surface area contributed by atoms with Gasteiger partial charge in [-0.3, -0.25) is 13.8 Å². The smallest absolute Gasteiger partial charge is 0.457 e. The summed E-state index contributed by atoms with van der Waals surface area (Å²) >= 11 is 0. The number of phosphoric acid groups is 1. The first kappa shape index (κ1) is 55.5. The predicted molar refractivity (Wildman–Crippen MR) is 238 cm³/mol. The number of unbranched alkanes of at least 4 members (excludes halogenated alkanes) is 35. The van der Waals surface area contributed by atoms with Gasteiger partial charge in [-0.25, -0.2) is 4.57 Å². The Morgan fingerprint density at radius 3 is 1.12 bits per heavy atom. The van der Waals surface area contributed by atoms with Crippen molar-refractivity contribution in [1.29, 1.82) is 0 Å².